The first-order chi connectivity index (χ1) is 12.0. The summed E-state index contributed by atoms with van der Waals surface area (Å²) in [4.78, 5) is 4.03. The predicted molar refractivity (Wildman–Crippen MR) is 96.3 cm³/mol. The quantitative estimate of drug-likeness (QED) is 0.684. The highest BCUT2D eigenvalue weighted by Crippen LogP contribution is 2.45. The molecule has 5 nitrogen and oxygen atoms in total. The Morgan fingerprint density at radius 1 is 1.04 bits per heavy atom. The van der Waals surface area contributed by atoms with E-state index in [9.17, 15) is 5.11 Å². The number of rotatable bonds is 6. The van der Waals surface area contributed by atoms with Crippen LogP contribution in [-0.4, -0.2) is 24.9 Å². The van der Waals surface area contributed by atoms with Crippen molar-refractivity contribution in [3.8, 4) is 5.75 Å². The molecule has 2 unspecified atom stereocenters. The summed E-state index contributed by atoms with van der Waals surface area (Å²) >= 11 is 6.71. The van der Waals surface area contributed by atoms with Crippen LogP contribution in [0, 0.1) is 5.92 Å². The molecule has 130 valence electrons. The normalized spacial score (nSPS) is 16.2. The molecule has 0 radical (unpaired) electrons. The molecule has 0 aliphatic carbocycles. The predicted octanol–water partition coefficient (Wildman–Crippen LogP) is 3.64. The lowest BCUT2D eigenvalue weighted by molar-refractivity contribution is -0.137. The lowest BCUT2D eigenvalue weighted by Gasteiger charge is -2.45. The Balaban J connectivity index is 2.28. The molecule has 0 bridgehead atoms. The van der Waals surface area contributed by atoms with Gasteiger partial charge in [-0.05, 0) is 12.1 Å². The van der Waals surface area contributed by atoms with Gasteiger partial charge in [-0.1, -0.05) is 74.0 Å². The molecule has 0 saturated heterocycles. The van der Waals surface area contributed by atoms with E-state index in [1.165, 1.54) is 17.3 Å². The molecule has 0 aliphatic heterocycles. The van der Waals surface area contributed by atoms with Crippen molar-refractivity contribution in [3.05, 3.63) is 78.9 Å². The van der Waals surface area contributed by atoms with Crippen LogP contribution in [0.4, 0.5) is 0 Å². The van der Waals surface area contributed by atoms with Gasteiger partial charge in [-0.25, -0.2) is 9.67 Å². The molecule has 2 aromatic carbocycles. The van der Waals surface area contributed by atoms with Crippen LogP contribution < -0.4 is 4.74 Å². The highest BCUT2D eigenvalue weighted by molar-refractivity contribution is 6.23. The molecule has 0 amide bonds. The van der Waals surface area contributed by atoms with Crippen molar-refractivity contribution < 1.29 is 9.84 Å². The number of ether oxygens (including phenoxy) is 1. The number of alkyl halides is 1. The van der Waals surface area contributed by atoms with Gasteiger partial charge in [0.15, 0.2) is 0 Å². The molecule has 0 aliphatic rings. The van der Waals surface area contributed by atoms with Crippen LogP contribution in [0.25, 0.3) is 0 Å². The minimum Gasteiger partial charge on any atom is -0.457 e. The Bertz CT molecular complexity index is 792. The number of benzene rings is 2. The van der Waals surface area contributed by atoms with Crippen molar-refractivity contribution in [1.29, 1.82) is 0 Å². The number of nitrogens with zero attached hydrogens (tertiary/aromatic N) is 3. The van der Waals surface area contributed by atoms with Crippen LogP contribution in [0.2, 0.25) is 0 Å². The van der Waals surface area contributed by atoms with E-state index < -0.39 is 10.8 Å². The van der Waals surface area contributed by atoms with E-state index in [1.54, 1.807) is 0 Å². The molecule has 2 atom stereocenters. The molecule has 6 heteroatoms. The maximum Gasteiger partial charge on any atom is 0.272 e. The molecule has 0 saturated carbocycles. The summed E-state index contributed by atoms with van der Waals surface area (Å²) < 4.78 is 7.80. The highest BCUT2D eigenvalue weighted by atomic mass is 35.5. The zero-order valence-electron chi connectivity index (χ0n) is 14.1. The molecular weight excluding hydrogens is 338 g/mol. The van der Waals surface area contributed by atoms with Crippen LogP contribution in [-0.2, 0) is 5.72 Å². The minimum atomic E-state index is -1.79. The summed E-state index contributed by atoms with van der Waals surface area (Å²) in [5.41, 5.74) is -0.836. The Morgan fingerprint density at radius 3 is 2.16 bits per heavy atom. The van der Waals surface area contributed by atoms with Crippen molar-refractivity contribution >= 4 is 11.6 Å². The number of aromatic nitrogens is 3. The molecule has 3 aromatic rings. The maximum absolute atomic E-state index is 11.3. The molecule has 0 spiro atoms. The third-order valence-corrected chi connectivity index (χ3v) is 4.85. The fourth-order valence-corrected chi connectivity index (χ4v) is 2.99. The summed E-state index contributed by atoms with van der Waals surface area (Å²) in [5, 5.41) is 13.8. The molecule has 0 fully saturated rings. The van der Waals surface area contributed by atoms with Crippen LogP contribution in [0.1, 0.15) is 19.4 Å². The second-order valence-corrected chi connectivity index (χ2v) is 6.67. The third-order valence-electron chi connectivity index (χ3n) is 4.16. The summed E-state index contributed by atoms with van der Waals surface area (Å²) in [6, 6.07) is 18.5. The van der Waals surface area contributed by atoms with E-state index in [0.717, 1.165) is 0 Å². The maximum atomic E-state index is 11.3. The van der Waals surface area contributed by atoms with Gasteiger partial charge < -0.3 is 9.84 Å². The van der Waals surface area contributed by atoms with E-state index in [1.807, 2.05) is 74.5 Å². The van der Waals surface area contributed by atoms with Crippen LogP contribution in [0.3, 0.4) is 0 Å². The molecular formula is C19H20ClN3O2. The van der Waals surface area contributed by atoms with Gasteiger partial charge in [0.2, 0.25) is 5.06 Å². The highest BCUT2D eigenvalue weighted by Gasteiger charge is 2.58. The Kier molecular flexibility index (Phi) is 4.79. The van der Waals surface area contributed by atoms with E-state index in [0.29, 0.717) is 11.3 Å². The third kappa shape index (κ3) is 3.01. The average Bonchev–Trinajstić information content (AvgIpc) is 3.16. The van der Waals surface area contributed by atoms with Crippen molar-refractivity contribution in [2.75, 3.05) is 0 Å². The van der Waals surface area contributed by atoms with Crippen molar-refractivity contribution in [1.82, 2.24) is 14.8 Å². The van der Waals surface area contributed by atoms with Gasteiger partial charge >= 0.3 is 0 Å². The SMILES string of the molecule is CC(C)C(O)(Cl)C(Oc1ccccc1)(c1ccccc1)n1cncn1. The monoisotopic (exact) mass is 357 g/mol. The van der Waals surface area contributed by atoms with Gasteiger partial charge in [-0.2, -0.15) is 5.10 Å². The lowest BCUT2D eigenvalue weighted by atomic mass is 9.88. The zero-order valence-corrected chi connectivity index (χ0v) is 14.8. The second kappa shape index (κ2) is 6.86. The lowest BCUT2D eigenvalue weighted by Crippen LogP contribution is -2.60. The summed E-state index contributed by atoms with van der Waals surface area (Å²) in [6.07, 6.45) is 2.88. The van der Waals surface area contributed by atoms with Gasteiger partial charge in [0.1, 0.15) is 18.4 Å². The molecule has 1 aromatic heterocycles. The molecule has 1 heterocycles. The second-order valence-electron chi connectivity index (χ2n) is 6.09. The smallest absolute Gasteiger partial charge is 0.272 e. The Labute approximate surface area is 151 Å². The zero-order chi connectivity index (χ0) is 17.9. The van der Waals surface area contributed by atoms with Crippen LogP contribution >= 0.6 is 11.6 Å². The number of hydrogen-bond acceptors (Lipinski definition) is 4. The van der Waals surface area contributed by atoms with Gasteiger partial charge in [-0.15, -0.1) is 0 Å². The van der Waals surface area contributed by atoms with Gasteiger partial charge in [0.05, 0.1) is 0 Å². The summed E-state index contributed by atoms with van der Waals surface area (Å²) in [6.45, 7) is 3.66. The Hall–Kier alpha value is -2.37. The average molecular weight is 358 g/mol. The van der Waals surface area contributed by atoms with Crippen molar-refractivity contribution in [2.24, 2.45) is 5.92 Å². The van der Waals surface area contributed by atoms with E-state index in [4.69, 9.17) is 16.3 Å². The van der Waals surface area contributed by atoms with Gasteiger partial charge in [-0.3, -0.25) is 0 Å². The fraction of sp³-hybridized carbons (Fsp3) is 0.263. The first-order valence-corrected chi connectivity index (χ1v) is 8.42. The molecule has 3 rings (SSSR count). The number of para-hydroxylation sites is 1. The summed E-state index contributed by atoms with van der Waals surface area (Å²) in [5.74, 6) is 0.212. The number of aliphatic hydroxyl groups is 1. The van der Waals surface area contributed by atoms with Gasteiger partial charge in [0.25, 0.3) is 5.72 Å². The Morgan fingerprint density at radius 2 is 1.64 bits per heavy atom. The largest absolute Gasteiger partial charge is 0.457 e. The minimum absolute atomic E-state index is 0.345. The standard InChI is InChI=1S/C19H20ClN3O2/c1-15(2)18(20,24)19(23-14-21-13-22-23,16-9-5-3-6-10-16)25-17-11-7-4-8-12-17/h3-15,24H,1-2H3. The van der Waals surface area contributed by atoms with Crippen LogP contribution in [0.15, 0.2) is 73.3 Å². The number of hydrogen-bond donors (Lipinski definition) is 1. The number of halogens is 1. The topological polar surface area (TPSA) is 60.2 Å². The van der Waals surface area contributed by atoms with E-state index in [-0.39, 0.29) is 5.92 Å². The van der Waals surface area contributed by atoms with Crippen molar-refractivity contribution in [2.45, 2.75) is 24.6 Å². The van der Waals surface area contributed by atoms with Gasteiger partial charge in [0, 0.05) is 11.5 Å². The van der Waals surface area contributed by atoms with E-state index in [2.05, 4.69) is 10.1 Å². The fourth-order valence-electron chi connectivity index (χ4n) is 2.76. The summed E-state index contributed by atoms with van der Waals surface area (Å²) in [7, 11) is 0. The van der Waals surface area contributed by atoms with Crippen molar-refractivity contribution in [3.63, 3.8) is 0 Å². The first-order valence-electron chi connectivity index (χ1n) is 8.04. The van der Waals surface area contributed by atoms with Crippen LogP contribution in [0.5, 0.6) is 5.75 Å². The molecule has 1 N–H and O–H groups in total. The first kappa shape index (κ1) is 17.5. The molecule has 25 heavy (non-hydrogen) atoms. The van der Waals surface area contributed by atoms with E-state index >= 15 is 0 Å².